The first-order chi connectivity index (χ1) is 11.3. The van der Waals surface area contributed by atoms with Gasteiger partial charge in [-0.3, -0.25) is 19.8 Å². The van der Waals surface area contributed by atoms with Crippen LogP contribution < -0.4 is 10.6 Å². The van der Waals surface area contributed by atoms with Crippen molar-refractivity contribution in [1.29, 1.82) is 0 Å². The molecule has 0 fully saturated rings. The predicted octanol–water partition coefficient (Wildman–Crippen LogP) is 2.18. The van der Waals surface area contributed by atoms with Gasteiger partial charge >= 0.3 is 6.09 Å². The van der Waals surface area contributed by atoms with E-state index in [2.05, 4.69) is 15.4 Å². The third kappa shape index (κ3) is 6.97. The number of amides is 3. The van der Waals surface area contributed by atoms with E-state index in [1.165, 1.54) is 0 Å². The van der Waals surface area contributed by atoms with Gasteiger partial charge in [0.25, 0.3) is 0 Å². The van der Waals surface area contributed by atoms with Crippen molar-refractivity contribution in [3.63, 3.8) is 0 Å². The van der Waals surface area contributed by atoms with Crippen molar-refractivity contribution in [3.8, 4) is 0 Å². The lowest BCUT2D eigenvalue weighted by atomic mass is 10.2. The largest absolute Gasteiger partial charge is 0.450 e. The van der Waals surface area contributed by atoms with Crippen molar-refractivity contribution in [2.24, 2.45) is 0 Å². The lowest BCUT2D eigenvalue weighted by Crippen LogP contribution is -2.43. The number of aryl methyl sites for hydroxylation is 1. The Morgan fingerprint density at radius 3 is 2.46 bits per heavy atom. The molecule has 0 saturated carbocycles. The Labute approximate surface area is 146 Å². The van der Waals surface area contributed by atoms with Gasteiger partial charge in [0.15, 0.2) is 0 Å². The Morgan fingerprint density at radius 2 is 1.83 bits per heavy atom. The molecule has 8 heteroatoms. The maximum absolute atomic E-state index is 12.1. The lowest BCUT2D eigenvalue weighted by Gasteiger charge is -2.19. The highest BCUT2D eigenvalue weighted by Gasteiger charge is 2.16. The molecule has 7 nitrogen and oxygen atoms in total. The second-order valence-electron chi connectivity index (χ2n) is 5.08. The summed E-state index contributed by atoms with van der Waals surface area (Å²) in [5.41, 5.74) is 1.51. The number of nitrogens with zero attached hydrogens (tertiary/aromatic N) is 1. The SMILES string of the molecule is CCOC(=O)NC(=O)CN(CC)CC(=O)Nc1cc(Cl)ccc1C. The Bertz CT molecular complexity index is 607. The first-order valence-electron chi connectivity index (χ1n) is 7.60. The van der Waals surface area contributed by atoms with Crippen molar-refractivity contribution >= 4 is 35.2 Å². The quantitative estimate of drug-likeness (QED) is 0.782. The molecule has 0 saturated heterocycles. The van der Waals surface area contributed by atoms with Gasteiger partial charge in [-0.1, -0.05) is 24.6 Å². The number of anilines is 1. The number of nitrogens with one attached hydrogen (secondary N) is 2. The van der Waals surface area contributed by atoms with Crippen LogP contribution in [-0.2, 0) is 14.3 Å². The van der Waals surface area contributed by atoms with Crippen LogP contribution in [0, 0.1) is 6.92 Å². The molecule has 0 unspecified atom stereocenters. The van der Waals surface area contributed by atoms with Crippen molar-refractivity contribution in [2.75, 3.05) is 31.6 Å². The van der Waals surface area contributed by atoms with E-state index >= 15 is 0 Å². The number of ether oxygens (including phenoxy) is 1. The van der Waals surface area contributed by atoms with Gasteiger partial charge in [-0.25, -0.2) is 4.79 Å². The van der Waals surface area contributed by atoms with E-state index in [-0.39, 0.29) is 25.6 Å². The van der Waals surface area contributed by atoms with Gasteiger partial charge in [-0.2, -0.15) is 0 Å². The molecule has 132 valence electrons. The molecule has 0 aliphatic rings. The Morgan fingerprint density at radius 1 is 1.17 bits per heavy atom. The van der Waals surface area contributed by atoms with Crippen LogP contribution in [0.1, 0.15) is 19.4 Å². The molecule has 3 amide bonds. The van der Waals surface area contributed by atoms with Crippen LogP contribution in [0.15, 0.2) is 18.2 Å². The molecular formula is C16H22ClN3O4. The number of hydrogen-bond donors (Lipinski definition) is 2. The number of likely N-dealkylation sites (N-methyl/N-ethyl adjacent to an activating group) is 1. The minimum Gasteiger partial charge on any atom is -0.450 e. The number of hydrogen-bond acceptors (Lipinski definition) is 5. The minimum absolute atomic E-state index is 0.0126. The highest BCUT2D eigenvalue weighted by molar-refractivity contribution is 6.31. The third-order valence-corrected chi connectivity index (χ3v) is 3.41. The van der Waals surface area contributed by atoms with Gasteiger partial charge in [-0.15, -0.1) is 0 Å². The number of rotatable bonds is 7. The monoisotopic (exact) mass is 355 g/mol. The maximum Gasteiger partial charge on any atom is 0.413 e. The average Bonchev–Trinajstić information content (AvgIpc) is 2.50. The van der Waals surface area contributed by atoms with Crippen LogP contribution in [0.5, 0.6) is 0 Å². The fraction of sp³-hybridized carbons (Fsp3) is 0.438. The number of alkyl carbamates (subject to hydrolysis) is 1. The second-order valence-corrected chi connectivity index (χ2v) is 5.52. The van der Waals surface area contributed by atoms with E-state index in [9.17, 15) is 14.4 Å². The van der Waals surface area contributed by atoms with E-state index in [0.29, 0.717) is 17.3 Å². The van der Waals surface area contributed by atoms with Crippen LogP contribution in [0.25, 0.3) is 0 Å². The Balaban J connectivity index is 2.55. The fourth-order valence-corrected chi connectivity index (χ4v) is 2.10. The third-order valence-electron chi connectivity index (χ3n) is 3.17. The molecule has 0 bridgehead atoms. The van der Waals surface area contributed by atoms with E-state index in [1.807, 2.05) is 19.9 Å². The van der Waals surface area contributed by atoms with Crippen LogP contribution in [0.2, 0.25) is 5.02 Å². The molecule has 0 atom stereocenters. The average molecular weight is 356 g/mol. The first-order valence-corrected chi connectivity index (χ1v) is 7.98. The number of carbonyl (C=O) groups is 3. The zero-order chi connectivity index (χ0) is 18.1. The second kappa shape index (κ2) is 9.89. The number of carbonyl (C=O) groups excluding carboxylic acids is 3. The number of benzene rings is 1. The normalized spacial score (nSPS) is 10.4. The van der Waals surface area contributed by atoms with Crippen molar-refractivity contribution < 1.29 is 19.1 Å². The van der Waals surface area contributed by atoms with Crippen molar-refractivity contribution in [3.05, 3.63) is 28.8 Å². The summed E-state index contributed by atoms with van der Waals surface area (Å²) in [6.45, 7) is 5.89. The molecule has 1 aromatic carbocycles. The lowest BCUT2D eigenvalue weighted by molar-refractivity contribution is -0.122. The van der Waals surface area contributed by atoms with Gasteiger partial charge in [0.05, 0.1) is 19.7 Å². The molecule has 0 spiro atoms. The summed E-state index contributed by atoms with van der Waals surface area (Å²) >= 11 is 5.92. The summed E-state index contributed by atoms with van der Waals surface area (Å²) in [6, 6.07) is 5.21. The van der Waals surface area contributed by atoms with Crippen LogP contribution in [0.4, 0.5) is 10.5 Å². The van der Waals surface area contributed by atoms with Crippen molar-refractivity contribution in [2.45, 2.75) is 20.8 Å². The van der Waals surface area contributed by atoms with Crippen molar-refractivity contribution in [1.82, 2.24) is 10.2 Å². The first kappa shape index (κ1) is 19.9. The standard InChI is InChI=1S/C16H22ClN3O4/c1-4-20(10-15(22)19-16(23)24-5-2)9-14(21)18-13-8-12(17)7-6-11(13)3/h6-8H,4-5,9-10H2,1-3H3,(H,18,21)(H,19,22,23). The van der Waals surface area contributed by atoms with Crippen LogP contribution >= 0.6 is 11.6 Å². The van der Waals surface area contributed by atoms with E-state index in [4.69, 9.17) is 11.6 Å². The summed E-state index contributed by atoms with van der Waals surface area (Å²) < 4.78 is 4.63. The maximum atomic E-state index is 12.1. The van der Waals surface area contributed by atoms with Crippen LogP contribution in [-0.4, -0.2) is 49.0 Å². The molecule has 0 aromatic heterocycles. The van der Waals surface area contributed by atoms with Crippen LogP contribution in [0.3, 0.4) is 0 Å². The molecule has 2 N–H and O–H groups in total. The summed E-state index contributed by atoms with van der Waals surface area (Å²) in [5, 5.41) is 5.38. The fourth-order valence-electron chi connectivity index (χ4n) is 1.92. The van der Waals surface area contributed by atoms with E-state index in [0.717, 1.165) is 5.56 Å². The van der Waals surface area contributed by atoms with E-state index in [1.54, 1.807) is 24.0 Å². The summed E-state index contributed by atoms with van der Waals surface area (Å²) in [5.74, 6) is -0.798. The summed E-state index contributed by atoms with van der Waals surface area (Å²) in [4.78, 5) is 36.7. The topological polar surface area (TPSA) is 87.7 Å². The molecule has 0 radical (unpaired) electrons. The molecule has 24 heavy (non-hydrogen) atoms. The summed E-state index contributed by atoms with van der Waals surface area (Å²) in [7, 11) is 0. The predicted molar refractivity (Wildman–Crippen MR) is 92.1 cm³/mol. The van der Waals surface area contributed by atoms with Gasteiger partial charge in [0.2, 0.25) is 11.8 Å². The molecule has 1 rings (SSSR count). The van der Waals surface area contributed by atoms with E-state index < -0.39 is 12.0 Å². The Hall–Kier alpha value is -2.12. The molecule has 0 heterocycles. The zero-order valence-corrected chi connectivity index (χ0v) is 14.8. The molecule has 0 aliphatic heterocycles. The number of imide groups is 1. The smallest absolute Gasteiger partial charge is 0.413 e. The minimum atomic E-state index is -0.794. The van der Waals surface area contributed by atoms with Gasteiger partial charge < -0.3 is 10.1 Å². The van der Waals surface area contributed by atoms with Gasteiger partial charge in [0, 0.05) is 10.7 Å². The van der Waals surface area contributed by atoms with Gasteiger partial charge in [-0.05, 0) is 38.1 Å². The molecule has 0 aliphatic carbocycles. The highest BCUT2D eigenvalue weighted by atomic mass is 35.5. The molecule has 1 aromatic rings. The summed E-state index contributed by atoms with van der Waals surface area (Å²) in [6.07, 6.45) is -0.794. The Kier molecular flexibility index (Phi) is 8.21. The van der Waals surface area contributed by atoms with Gasteiger partial charge in [0.1, 0.15) is 0 Å². The number of halogens is 1. The highest BCUT2D eigenvalue weighted by Crippen LogP contribution is 2.20. The molecular weight excluding hydrogens is 334 g/mol. The zero-order valence-electron chi connectivity index (χ0n) is 14.0.